The number of allylic oxidation sites excluding steroid dienone is 1. The molecule has 1 saturated carbocycles. The summed E-state index contributed by atoms with van der Waals surface area (Å²) in [6.07, 6.45) is 1.89. The van der Waals surface area contributed by atoms with Crippen molar-refractivity contribution in [3.05, 3.63) is 11.1 Å². The van der Waals surface area contributed by atoms with E-state index in [-0.39, 0.29) is 17.6 Å². The maximum atomic E-state index is 11.8. The molecule has 0 amide bonds. The molecular formula is C15H20N2O2. The average molecular weight is 260 g/mol. The van der Waals surface area contributed by atoms with E-state index in [1.165, 1.54) is 0 Å². The molecule has 4 nitrogen and oxygen atoms in total. The molecule has 102 valence electrons. The van der Waals surface area contributed by atoms with Crippen LogP contribution in [0.3, 0.4) is 0 Å². The van der Waals surface area contributed by atoms with Gasteiger partial charge in [-0.2, -0.15) is 10.5 Å². The van der Waals surface area contributed by atoms with Crippen molar-refractivity contribution in [2.75, 3.05) is 6.61 Å². The number of carbonyl (C=O) groups is 1. The van der Waals surface area contributed by atoms with Crippen LogP contribution >= 0.6 is 0 Å². The molecule has 0 bridgehead atoms. The Bertz CT molecular complexity index is 491. The molecule has 4 heteroatoms. The van der Waals surface area contributed by atoms with Gasteiger partial charge in [-0.15, -0.1) is 0 Å². The molecule has 1 atom stereocenters. The van der Waals surface area contributed by atoms with Crippen molar-refractivity contribution < 1.29 is 9.53 Å². The molecule has 0 aromatic heterocycles. The minimum atomic E-state index is -0.571. The van der Waals surface area contributed by atoms with Crippen molar-refractivity contribution in [2.24, 2.45) is 10.8 Å². The number of rotatable bonds is 2. The number of hydrogen-bond donors (Lipinski definition) is 0. The van der Waals surface area contributed by atoms with E-state index in [0.717, 1.165) is 12.0 Å². The molecule has 1 unspecified atom stereocenters. The quantitative estimate of drug-likeness (QED) is 0.434. The first kappa shape index (κ1) is 15.2. The van der Waals surface area contributed by atoms with Gasteiger partial charge in [-0.1, -0.05) is 13.8 Å². The Morgan fingerprint density at radius 1 is 1.32 bits per heavy atom. The fraction of sp³-hybridized carbons (Fsp3) is 0.667. The maximum absolute atomic E-state index is 11.8. The van der Waals surface area contributed by atoms with Crippen LogP contribution in [0, 0.1) is 33.5 Å². The summed E-state index contributed by atoms with van der Waals surface area (Å²) in [5, 5.41) is 18.5. The van der Waals surface area contributed by atoms with Crippen LogP contribution in [-0.2, 0) is 9.53 Å². The summed E-state index contributed by atoms with van der Waals surface area (Å²) in [4.78, 5) is 11.8. The Morgan fingerprint density at radius 2 is 1.95 bits per heavy atom. The smallest absolute Gasteiger partial charge is 0.348 e. The molecule has 0 radical (unpaired) electrons. The highest BCUT2D eigenvalue weighted by Crippen LogP contribution is 2.48. The fourth-order valence-electron chi connectivity index (χ4n) is 3.02. The van der Waals surface area contributed by atoms with Crippen LogP contribution in [0.2, 0.25) is 0 Å². The molecule has 0 spiro atoms. The molecule has 1 rings (SSSR count). The van der Waals surface area contributed by atoms with Gasteiger partial charge in [0, 0.05) is 0 Å². The number of ether oxygens (including phenoxy) is 1. The largest absolute Gasteiger partial charge is 0.462 e. The van der Waals surface area contributed by atoms with Gasteiger partial charge in [0.25, 0.3) is 0 Å². The highest BCUT2D eigenvalue weighted by atomic mass is 16.5. The van der Waals surface area contributed by atoms with Gasteiger partial charge in [-0.25, -0.2) is 4.79 Å². The Morgan fingerprint density at radius 3 is 2.42 bits per heavy atom. The average Bonchev–Trinajstić information content (AvgIpc) is 2.28. The topological polar surface area (TPSA) is 73.9 Å². The predicted molar refractivity (Wildman–Crippen MR) is 70.6 cm³/mol. The van der Waals surface area contributed by atoms with Crippen molar-refractivity contribution in [2.45, 2.75) is 47.0 Å². The van der Waals surface area contributed by atoms with Crippen LogP contribution in [0.25, 0.3) is 0 Å². The number of carbonyl (C=O) groups excluding carboxylic acids is 1. The molecule has 0 aromatic rings. The van der Waals surface area contributed by atoms with Gasteiger partial charge in [-0.05, 0) is 44.1 Å². The zero-order chi connectivity index (χ0) is 14.7. The summed E-state index contributed by atoms with van der Waals surface area (Å²) in [5.41, 5.74) is 0.218. The molecule has 1 aliphatic rings. The van der Waals surface area contributed by atoms with Crippen molar-refractivity contribution in [3.63, 3.8) is 0 Å². The third-order valence-electron chi connectivity index (χ3n) is 3.38. The van der Waals surface area contributed by atoms with Gasteiger partial charge in [0.05, 0.1) is 18.1 Å². The summed E-state index contributed by atoms with van der Waals surface area (Å²) in [7, 11) is 0. The van der Waals surface area contributed by atoms with E-state index < -0.39 is 11.4 Å². The van der Waals surface area contributed by atoms with Crippen molar-refractivity contribution in [1.29, 1.82) is 10.5 Å². The predicted octanol–water partition coefficient (Wildman–Crippen LogP) is 3.11. The van der Waals surface area contributed by atoms with Crippen LogP contribution in [-0.4, -0.2) is 12.6 Å². The first-order valence-electron chi connectivity index (χ1n) is 6.47. The third-order valence-corrected chi connectivity index (χ3v) is 3.38. The minimum Gasteiger partial charge on any atom is -0.462 e. The summed E-state index contributed by atoms with van der Waals surface area (Å²) in [5.74, 6) is -0.571. The second kappa shape index (κ2) is 5.45. The summed E-state index contributed by atoms with van der Waals surface area (Å²) >= 11 is 0. The molecule has 1 aliphatic carbocycles. The Hall–Kier alpha value is -1.81. The standard InChI is InChI=1S/C15H20N2O2/c1-5-19-13(18)12(8-16)11-6-14(2,3)9-15(4,7-11)10-17/h5-7,9H2,1-4H3/b12-11+. The van der Waals surface area contributed by atoms with Crippen LogP contribution in [0.5, 0.6) is 0 Å². The number of hydrogen-bond acceptors (Lipinski definition) is 4. The van der Waals surface area contributed by atoms with E-state index in [0.29, 0.717) is 12.8 Å². The van der Waals surface area contributed by atoms with E-state index in [1.807, 2.05) is 13.0 Å². The van der Waals surface area contributed by atoms with Gasteiger partial charge in [0.1, 0.15) is 11.6 Å². The lowest BCUT2D eigenvalue weighted by molar-refractivity contribution is -0.138. The zero-order valence-electron chi connectivity index (χ0n) is 12.0. The number of nitrogens with zero attached hydrogens (tertiary/aromatic N) is 2. The SMILES string of the molecule is CCOC(=O)/C(C#N)=C1\CC(C)(C)CC(C)(C#N)C1. The van der Waals surface area contributed by atoms with Crippen LogP contribution in [0.15, 0.2) is 11.1 Å². The molecule has 19 heavy (non-hydrogen) atoms. The Labute approximate surface area is 114 Å². The first-order chi connectivity index (χ1) is 8.77. The minimum absolute atomic E-state index is 0.0797. The van der Waals surface area contributed by atoms with Crippen molar-refractivity contribution >= 4 is 5.97 Å². The monoisotopic (exact) mass is 260 g/mol. The van der Waals surface area contributed by atoms with Crippen molar-refractivity contribution in [1.82, 2.24) is 0 Å². The van der Waals surface area contributed by atoms with Crippen LogP contribution in [0.4, 0.5) is 0 Å². The molecule has 0 N–H and O–H groups in total. The molecule has 0 aliphatic heterocycles. The molecule has 1 fully saturated rings. The fourth-order valence-corrected chi connectivity index (χ4v) is 3.02. The lowest BCUT2D eigenvalue weighted by Gasteiger charge is -2.40. The van der Waals surface area contributed by atoms with E-state index >= 15 is 0 Å². The summed E-state index contributed by atoms with van der Waals surface area (Å²) in [6, 6.07) is 4.27. The Kier molecular flexibility index (Phi) is 4.37. The van der Waals surface area contributed by atoms with Crippen LogP contribution in [0.1, 0.15) is 47.0 Å². The molecule has 0 heterocycles. The molecule has 0 aromatic carbocycles. The van der Waals surface area contributed by atoms with Gasteiger partial charge in [0.15, 0.2) is 0 Å². The highest BCUT2D eigenvalue weighted by Gasteiger charge is 2.40. The summed E-state index contributed by atoms with van der Waals surface area (Å²) in [6.45, 7) is 7.95. The van der Waals surface area contributed by atoms with Gasteiger partial charge >= 0.3 is 5.97 Å². The van der Waals surface area contributed by atoms with Crippen molar-refractivity contribution in [3.8, 4) is 12.1 Å². The lowest BCUT2D eigenvalue weighted by Crippen LogP contribution is -2.32. The second-order valence-electron chi connectivity index (χ2n) is 6.18. The van der Waals surface area contributed by atoms with E-state index in [9.17, 15) is 15.3 Å². The van der Waals surface area contributed by atoms with Gasteiger partial charge < -0.3 is 4.74 Å². The number of nitriles is 2. The lowest BCUT2D eigenvalue weighted by atomic mass is 9.62. The van der Waals surface area contributed by atoms with Gasteiger partial charge in [0.2, 0.25) is 0 Å². The first-order valence-corrected chi connectivity index (χ1v) is 6.47. The highest BCUT2D eigenvalue weighted by molar-refractivity contribution is 5.93. The second-order valence-corrected chi connectivity index (χ2v) is 6.18. The maximum Gasteiger partial charge on any atom is 0.348 e. The van der Waals surface area contributed by atoms with Gasteiger partial charge in [-0.3, -0.25) is 0 Å². The third kappa shape index (κ3) is 3.58. The zero-order valence-corrected chi connectivity index (χ0v) is 12.0. The van der Waals surface area contributed by atoms with E-state index in [4.69, 9.17) is 4.74 Å². The molecule has 0 saturated heterocycles. The Balaban J connectivity index is 3.20. The van der Waals surface area contributed by atoms with E-state index in [2.05, 4.69) is 19.9 Å². The number of esters is 1. The molecular weight excluding hydrogens is 240 g/mol. The normalized spacial score (nSPS) is 27.9. The summed E-state index contributed by atoms with van der Waals surface area (Å²) < 4.78 is 4.92. The van der Waals surface area contributed by atoms with E-state index in [1.54, 1.807) is 6.92 Å². The van der Waals surface area contributed by atoms with Crippen LogP contribution < -0.4 is 0 Å².